The predicted molar refractivity (Wildman–Crippen MR) is 173 cm³/mol. The zero-order chi connectivity index (χ0) is 30.8. The van der Waals surface area contributed by atoms with Crippen molar-refractivity contribution in [2.75, 3.05) is 0 Å². The SMILES string of the molecule is CC[C@@H]([C]=O)N1[C@@H](C)CC[C@H]1c1nc(-c2ccc(-c3ccc(-c4c[nH]c([C@@H]5CC[C@H](C)N5[C@H]([C]=O)CC)n4)cc3)cc2)c[nH]1. The first-order valence-corrected chi connectivity index (χ1v) is 16.1. The average Bonchev–Trinajstić information content (AvgIpc) is 3.87. The van der Waals surface area contributed by atoms with E-state index in [9.17, 15) is 9.59 Å². The normalized spacial score (nSPS) is 24.0. The van der Waals surface area contributed by atoms with E-state index in [1.165, 1.54) is 0 Å². The lowest BCUT2D eigenvalue weighted by Crippen LogP contribution is -2.40. The van der Waals surface area contributed by atoms with E-state index in [4.69, 9.17) is 9.97 Å². The number of aromatic nitrogens is 4. The van der Waals surface area contributed by atoms with E-state index >= 15 is 0 Å². The minimum absolute atomic E-state index is 0.109. The minimum Gasteiger partial charge on any atom is -0.347 e. The number of carbonyl (C=O) groups excluding carboxylic acids is 2. The summed E-state index contributed by atoms with van der Waals surface area (Å²) in [7, 11) is 0. The Labute approximate surface area is 260 Å². The Balaban J connectivity index is 1.14. The van der Waals surface area contributed by atoms with Gasteiger partial charge in [0.25, 0.3) is 0 Å². The molecule has 0 saturated carbocycles. The molecule has 4 heterocycles. The predicted octanol–water partition coefficient (Wildman–Crippen LogP) is 6.96. The van der Waals surface area contributed by atoms with Gasteiger partial charge in [-0.25, -0.2) is 9.97 Å². The van der Waals surface area contributed by atoms with Gasteiger partial charge in [0.2, 0.25) is 12.6 Å². The van der Waals surface area contributed by atoms with Crippen LogP contribution in [-0.2, 0) is 9.59 Å². The van der Waals surface area contributed by atoms with Crippen molar-refractivity contribution in [3.8, 4) is 33.6 Å². The summed E-state index contributed by atoms with van der Waals surface area (Å²) in [6, 6.07) is 17.5. The summed E-state index contributed by atoms with van der Waals surface area (Å²) in [5, 5.41) is 0. The number of imidazole rings is 2. The van der Waals surface area contributed by atoms with Crippen molar-refractivity contribution in [1.82, 2.24) is 29.7 Å². The van der Waals surface area contributed by atoms with Gasteiger partial charge in [0, 0.05) is 35.6 Å². The number of aromatic amines is 2. The van der Waals surface area contributed by atoms with Gasteiger partial charge in [0.1, 0.15) is 11.6 Å². The maximum atomic E-state index is 11.6. The molecule has 2 aliphatic heterocycles. The van der Waals surface area contributed by atoms with E-state index in [0.29, 0.717) is 12.1 Å². The fourth-order valence-corrected chi connectivity index (χ4v) is 7.30. The molecule has 2 aliphatic rings. The highest BCUT2D eigenvalue weighted by Gasteiger charge is 2.39. The van der Waals surface area contributed by atoms with Gasteiger partial charge in [-0.05, 0) is 63.5 Å². The van der Waals surface area contributed by atoms with Crippen LogP contribution in [0.4, 0.5) is 0 Å². The molecule has 2 aromatic heterocycles. The smallest absolute Gasteiger partial charge is 0.217 e. The van der Waals surface area contributed by atoms with Crippen LogP contribution in [0.15, 0.2) is 60.9 Å². The first kappa shape index (κ1) is 30.2. The summed E-state index contributed by atoms with van der Waals surface area (Å²) in [4.78, 5) is 44.4. The standard InChI is InChI=1S/C36H42N6O2/c1-5-29(21-43)41-23(3)7-17-33(41)35-37-19-31(39-35)27-13-9-25(10-14-27)26-11-15-28(16-12-26)32-20-38-36(40-32)34-18-8-24(4)42(34)30(6-2)22-44/h9-16,19-20,23-24,29-30,33-34H,5-8,17-18H2,1-4H3,(H,37,39)(H,38,40)/t23-,24-,29-,30-,33-,34-/m0/s1. The van der Waals surface area contributed by atoms with E-state index in [0.717, 1.165) is 83.8 Å². The van der Waals surface area contributed by atoms with Crippen LogP contribution in [0.5, 0.6) is 0 Å². The lowest BCUT2D eigenvalue weighted by atomic mass is 10.0. The first-order valence-electron chi connectivity index (χ1n) is 16.1. The highest BCUT2D eigenvalue weighted by molar-refractivity contribution is 5.71. The Kier molecular flexibility index (Phi) is 8.91. The van der Waals surface area contributed by atoms with Gasteiger partial charge >= 0.3 is 0 Å². The molecule has 0 spiro atoms. The topological polar surface area (TPSA) is 98.0 Å². The molecule has 0 amide bonds. The van der Waals surface area contributed by atoms with E-state index < -0.39 is 0 Å². The fraction of sp³-hybridized carbons (Fsp3) is 0.444. The van der Waals surface area contributed by atoms with E-state index in [2.05, 4.69) is 94.7 Å². The molecule has 6 atom stereocenters. The molecule has 2 aromatic carbocycles. The molecule has 0 unspecified atom stereocenters. The third kappa shape index (κ3) is 5.69. The summed E-state index contributed by atoms with van der Waals surface area (Å²) in [5.74, 6) is 1.84. The molecule has 44 heavy (non-hydrogen) atoms. The number of likely N-dealkylation sites (tertiary alicyclic amines) is 2. The molecule has 6 rings (SSSR count). The van der Waals surface area contributed by atoms with Crippen molar-refractivity contribution in [1.29, 1.82) is 0 Å². The van der Waals surface area contributed by atoms with Crippen molar-refractivity contribution < 1.29 is 9.59 Å². The fourth-order valence-electron chi connectivity index (χ4n) is 7.30. The molecule has 8 heteroatoms. The van der Waals surface area contributed by atoms with Gasteiger partial charge in [-0.1, -0.05) is 62.4 Å². The Morgan fingerprint density at radius 2 is 1.02 bits per heavy atom. The van der Waals surface area contributed by atoms with Crippen LogP contribution < -0.4 is 0 Å². The molecule has 2 fully saturated rings. The zero-order valence-corrected chi connectivity index (χ0v) is 26.1. The summed E-state index contributed by atoms with van der Waals surface area (Å²) < 4.78 is 0. The van der Waals surface area contributed by atoms with Crippen LogP contribution in [0.2, 0.25) is 0 Å². The third-order valence-corrected chi connectivity index (χ3v) is 9.74. The van der Waals surface area contributed by atoms with E-state index in [1.807, 2.05) is 26.2 Å². The summed E-state index contributed by atoms with van der Waals surface area (Å²) in [6.45, 7) is 8.44. The second kappa shape index (κ2) is 13.0. The quantitative estimate of drug-likeness (QED) is 0.196. The largest absolute Gasteiger partial charge is 0.347 e. The molecule has 0 aliphatic carbocycles. The van der Waals surface area contributed by atoms with Crippen molar-refractivity contribution in [2.45, 2.75) is 102 Å². The number of nitrogens with one attached hydrogen (secondary N) is 2. The molecule has 2 saturated heterocycles. The number of hydrogen-bond donors (Lipinski definition) is 2. The van der Waals surface area contributed by atoms with Gasteiger partial charge in [-0.3, -0.25) is 19.4 Å². The molecular formula is C36H42N6O2. The maximum absolute atomic E-state index is 11.6. The molecule has 8 nitrogen and oxygen atoms in total. The van der Waals surface area contributed by atoms with Crippen molar-refractivity contribution in [2.24, 2.45) is 0 Å². The minimum atomic E-state index is -0.200. The highest BCUT2D eigenvalue weighted by atomic mass is 16.1. The molecule has 2 radical (unpaired) electrons. The summed E-state index contributed by atoms with van der Waals surface area (Å²) in [5.41, 5.74) is 6.18. The average molecular weight is 591 g/mol. The Bertz CT molecular complexity index is 1440. The zero-order valence-electron chi connectivity index (χ0n) is 26.1. The monoisotopic (exact) mass is 590 g/mol. The lowest BCUT2D eigenvalue weighted by Gasteiger charge is -2.31. The lowest BCUT2D eigenvalue weighted by molar-refractivity contribution is 0.164. The van der Waals surface area contributed by atoms with Crippen molar-refractivity contribution >= 4 is 12.6 Å². The number of H-pyrrole nitrogens is 2. The van der Waals surface area contributed by atoms with E-state index in [1.54, 1.807) is 0 Å². The molecule has 228 valence electrons. The molecule has 0 bridgehead atoms. The van der Waals surface area contributed by atoms with Crippen molar-refractivity contribution in [3.63, 3.8) is 0 Å². The van der Waals surface area contributed by atoms with Gasteiger partial charge < -0.3 is 9.97 Å². The molecule has 2 N–H and O–H groups in total. The van der Waals surface area contributed by atoms with Crippen LogP contribution in [0, 0.1) is 0 Å². The number of rotatable bonds is 11. The molecule has 4 aromatic rings. The Morgan fingerprint density at radius 3 is 1.36 bits per heavy atom. The van der Waals surface area contributed by atoms with E-state index in [-0.39, 0.29) is 24.2 Å². The molecular weight excluding hydrogens is 548 g/mol. The number of benzene rings is 2. The van der Waals surface area contributed by atoms with Gasteiger partial charge in [-0.15, -0.1) is 0 Å². The van der Waals surface area contributed by atoms with Crippen LogP contribution in [-0.4, -0.2) is 66.5 Å². The van der Waals surface area contributed by atoms with Gasteiger partial charge in [0.15, 0.2) is 0 Å². The van der Waals surface area contributed by atoms with Crippen LogP contribution in [0.25, 0.3) is 33.6 Å². The Hall–Kier alpha value is -3.88. The van der Waals surface area contributed by atoms with Gasteiger partial charge in [0.05, 0.1) is 35.6 Å². The summed E-state index contributed by atoms with van der Waals surface area (Å²) >= 11 is 0. The third-order valence-electron chi connectivity index (χ3n) is 9.74. The van der Waals surface area contributed by atoms with Gasteiger partial charge in [-0.2, -0.15) is 0 Å². The number of nitrogens with zero attached hydrogens (tertiary/aromatic N) is 4. The van der Waals surface area contributed by atoms with Crippen LogP contribution in [0.1, 0.15) is 90.0 Å². The second-order valence-electron chi connectivity index (χ2n) is 12.4. The summed E-state index contributed by atoms with van der Waals surface area (Å²) in [6.07, 6.45) is 14.0. The van der Waals surface area contributed by atoms with Crippen LogP contribution >= 0.6 is 0 Å². The number of hydrogen-bond acceptors (Lipinski definition) is 6. The second-order valence-corrected chi connectivity index (χ2v) is 12.4. The Morgan fingerprint density at radius 1 is 0.659 bits per heavy atom. The highest BCUT2D eigenvalue weighted by Crippen LogP contribution is 2.39. The van der Waals surface area contributed by atoms with Crippen LogP contribution in [0.3, 0.4) is 0 Å². The first-order chi connectivity index (χ1) is 21.4. The maximum Gasteiger partial charge on any atom is 0.217 e. The van der Waals surface area contributed by atoms with Crippen molar-refractivity contribution in [3.05, 3.63) is 72.6 Å².